The zero-order chi connectivity index (χ0) is 13.3. The molecule has 0 atom stereocenters. The highest BCUT2D eigenvalue weighted by Gasteiger charge is 2.13. The molecule has 1 amide bonds. The fraction of sp³-hybridized carbons (Fsp3) is 0.0909. The lowest BCUT2D eigenvalue weighted by Crippen LogP contribution is -2.13. The topological polar surface area (TPSA) is 83.8 Å². The maximum absolute atomic E-state index is 13.2. The first-order chi connectivity index (χ1) is 8.49. The largest absolute Gasteiger partial charge is 0.394 e. The van der Waals surface area contributed by atoms with Crippen LogP contribution in [0.25, 0.3) is 0 Å². The minimum absolute atomic E-state index is 0.0401. The molecule has 0 radical (unpaired) electrons. The van der Waals surface area contributed by atoms with E-state index in [4.69, 9.17) is 17.3 Å². The van der Waals surface area contributed by atoms with Crippen LogP contribution in [-0.4, -0.2) is 16.1 Å². The van der Waals surface area contributed by atoms with E-state index in [9.17, 15) is 9.18 Å². The highest BCUT2D eigenvalue weighted by molar-refractivity contribution is 6.30. The number of amides is 1. The van der Waals surface area contributed by atoms with Gasteiger partial charge in [-0.05, 0) is 25.1 Å². The van der Waals surface area contributed by atoms with E-state index in [2.05, 4.69) is 15.5 Å². The summed E-state index contributed by atoms with van der Waals surface area (Å²) in [6, 6.07) is 3.77. The van der Waals surface area contributed by atoms with E-state index in [1.807, 2.05) is 0 Å². The fourth-order valence-corrected chi connectivity index (χ4v) is 1.47. The van der Waals surface area contributed by atoms with Crippen LogP contribution in [0.5, 0.6) is 0 Å². The van der Waals surface area contributed by atoms with Crippen LogP contribution in [0.2, 0.25) is 5.02 Å². The molecule has 0 bridgehead atoms. The first kappa shape index (κ1) is 12.4. The monoisotopic (exact) mass is 268 g/mol. The average molecular weight is 269 g/mol. The molecule has 0 unspecified atom stereocenters. The number of carbonyl (C=O) groups is 1. The number of nitrogens with zero attached hydrogens (tertiary/aromatic N) is 1. The minimum Gasteiger partial charge on any atom is -0.394 e. The van der Waals surface area contributed by atoms with E-state index in [-0.39, 0.29) is 16.4 Å². The molecule has 0 aliphatic carbocycles. The SMILES string of the molecule is Cc1[nH]nc(NC(=O)c2ccc(Cl)c(F)c2)c1N. The molecule has 0 saturated carbocycles. The Hall–Kier alpha value is -2.08. The second-order valence-corrected chi connectivity index (χ2v) is 4.10. The first-order valence-corrected chi connectivity index (χ1v) is 5.43. The van der Waals surface area contributed by atoms with Gasteiger partial charge in [0.15, 0.2) is 5.82 Å². The minimum atomic E-state index is -0.657. The summed E-state index contributed by atoms with van der Waals surface area (Å²) < 4.78 is 13.2. The predicted octanol–water partition coefficient (Wildman–Crippen LogP) is 2.35. The third-order valence-electron chi connectivity index (χ3n) is 2.41. The number of aryl methyl sites for hydroxylation is 1. The highest BCUT2D eigenvalue weighted by Crippen LogP contribution is 2.20. The van der Waals surface area contributed by atoms with Crippen molar-refractivity contribution in [3.8, 4) is 0 Å². The van der Waals surface area contributed by atoms with E-state index >= 15 is 0 Å². The third kappa shape index (κ3) is 2.28. The molecule has 18 heavy (non-hydrogen) atoms. The summed E-state index contributed by atoms with van der Waals surface area (Å²) in [6.45, 7) is 1.72. The lowest BCUT2D eigenvalue weighted by molar-refractivity contribution is 0.102. The number of aromatic nitrogens is 2. The number of benzene rings is 1. The van der Waals surface area contributed by atoms with Gasteiger partial charge in [-0.25, -0.2) is 4.39 Å². The molecule has 5 nitrogen and oxygen atoms in total. The van der Waals surface area contributed by atoms with Crippen molar-refractivity contribution in [3.05, 3.63) is 40.3 Å². The van der Waals surface area contributed by atoms with Crippen LogP contribution in [0.4, 0.5) is 15.9 Å². The maximum atomic E-state index is 13.2. The van der Waals surface area contributed by atoms with Gasteiger partial charge in [0.25, 0.3) is 5.91 Å². The number of hydrogen-bond donors (Lipinski definition) is 3. The normalized spacial score (nSPS) is 10.4. The van der Waals surface area contributed by atoms with Gasteiger partial charge in [0.1, 0.15) is 5.82 Å². The molecule has 0 saturated heterocycles. The van der Waals surface area contributed by atoms with Crippen molar-refractivity contribution >= 4 is 29.0 Å². The molecule has 2 rings (SSSR count). The van der Waals surface area contributed by atoms with E-state index in [1.54, 1.807) is 6.92 Å². The molecule has 94 valence electrons. The first-order valence-electron chi connectivity index (χ1n) is 5.06. The third-order valence-corrected chi connectivity index (χ3v) is 2.71. The number of hydrogen-bond acceptors (Lipinski definition) is 3. The second-order valence-electron chi connectivity index (χ2n) is 3.69. The van der Waals surface area contributed by atoms with E-state index in [0.717, 1.165) is 6.07 Å². The van der Waals surface area contributed by atoms with Gasteiger partial charge in [-0.15, -0.1) is 0 Å². The standard InChI is InChI=1S/C11H10ClFN4O/c1-5-9(14)10(17-16-5)15-11(18)6-2-3-7(12)8(13)4-6/h2-4H,14H2,1H3,(H2,15,16,17,18). The van der Waals surface area contributed by atoms with Gasteiger partial charge in [-0.2, -0.15) is 5.10 Å². The van der Waals surface area contributed by atoms with Crippen molar-refractivity contribution in [2.75, 3.05) is 11.1 Å². The Morgan fingerprint density at radius 1 is 1.56 bits per heavy atom. The summed E-state index contributed by atoms with van der Waals surface area (Å²) in [5, 5.41) is 8.89. The van der Waals surface area contributed by atoms with Crippen LogP contribution in [0.15, 0.2) is 18.2 Å². The number of halogens is 2. The molecule has 1 aromatic heterocycles. The molecular weight excluding hydrogens is 259 g/mol. The van der Waals surface area contributed by atoms with Crippen molar-refractivity contribution in [3.63, 3.8) is 0 Å². The zero-order valence-corrected chi connectivity index (χ0v) is 10.2. The summed E-state index contributed by atoms with van der Waals surface area (Å²) in [5.41, 5.74) is 6.81. The van der Waals surface area contributed by atoms with Crippen molar-refractivity contribution in [2.45, 2.75) is 6.92 Å². The Morgan fingerprint density at radius 3 is 2.83 bits per heavy atom. The second kappa shape index (κ2) is 4.66. The summed E-state index contributed by atoms with van der Waals surface area (Å²) in [5.74, 6) is -0.952. The fourth-order valence-electron chi connectivity index (χ4n) is 1.35. The van der Waals surface area contributed by atoms with E-state index < -0.39 is 11.7 Å². The molecule has 0 aliphatic rings. The Kier molecular flexibility index (Phi) is 3.20. The molecular formula is C11H10ClFN4O. The molecule has 1 aromatic carbocycles. The number of carbonyl (C=O) groups excluding carboxylic acids is 1. The summed E-state index contributed by atoms with van der Waals surface area (Å²) in [4.78, 5) is 11.8. The maximum Gasteiger partial charge on any atom is 0.257 e. The van der Waals surface area contributed by atoms with Crippen LogP contribution in [0.3, 0.4) is 0 Å². The molecule has 0 fully saturated rings. The van der Waals surface area contributed by atoms with Crippen molar-refractivity contribution < 1.29 is 9.18 Å². The van der Waals surface area contributed by atoms with E-state index in [0.29, 0.717) is 11.4 Å². The van der Waals surface area contributed by atoms with Gasteiger partial charge < -0.3 is 11.1 Å². The summed E-state index contributed by atoms with van der Waals surface area (Å²) in [6.07, 6.45) is 0. The van der Waals surface area contributed by atoms with E-state index in [1.165, 1.54) is 12.1 Å². The molecule has 4 N–H and O–H groups in total. The zero-order valence-electron chi connectivity index (χ0n) is 9.42. The summed E-state index contributed by atoms with van der Waals surface area (Å²) >= 11 is 5.53. The molecule has 0 spiro atoms. The number of rotatable bonds is 2. The lowest BCUT2D eigenvalue weighted by Gasteiger charge is -2.03. The number of nitrogens with two attached hydrogens (primary N) is 1. The average Bonchev–Trinajstić information content (AvgIpc) is 2.64. The van der Waals surface area contributed by atoms with Crippen LogP contribution in [-0.2, 0) is 0 Å². The van der Waals surface area contributed by atoms with Gasteiger partial charge in [0.2, 0.25) is 0 Å². The quantitative estimate of drug-likeness (QED) is 0.782. The predicted molar refractivity (Wildman–Crippen MR) is 67.1 cm³/mol. The van der Waals surface area contributed by atoms with Gasteiger partial charge in [-0.3, -0.25) is 9.89 Å². The van der Waals surface area contributed by atoms with Gasteiger partial charge in [-0.1, -0.05) is 11.6 Å². The Bertz CT molecular complexity index is 611. The van der Waals surface area contributed by atoms with Crippen molar-refractivity contribution in [2.24, 2.45) is 0 Å². The molecule has 7 heteroatoms. The van der Waals surface area contributed by atoms with Crippen molar-refractivity contribution in [1.82, 2.24) is 10.2 Å². The van der Waals surface area contributed by atoms with Crippen LogP contribution < -0.4 is 11.1 Å². The number of nitrogen functional groups attached to an aromatic ring is 1. The number of nitrogens with one attached hydrogen (secondary N) is 2. The molecule has 2 aromatic rings. The van der Waals surface area contributed by atoms with Crippen molar-refractivity contribution in [1.29, 1.82) is 0 Å². The van der Waals surface area contributed by atoms with Gasteiger partial charge >= 0.3 is 0 Å². The summed E-state index contributed by atoms with van der Waals surface area (Å²) in [7, 11) is 0. The number of aromatic amines is 1. The highest BCUT2D eigenvalue weighted by atomic mass is 35.5. The van der Waals surface area contributed by atoms with Gasteiger partial charge in [0, 0.05) is 5.56 Å². The Morgan fingerprint density at radius 2 is 2.28 bits per heavy atom. The van der Waals surface area contributed by atoms with Crippen LogP contribution in [0, 0.1) is 12.7 Å². The molecule has 0 aliphatic heterocycles. The van der Waals surface area contributed by atoms with Crippen LogP contribution >= 0.6 is 11.6 Å². The number of anilines is 2. The Labute approximate surface area is 107 Å². The number of H-pyrrole nitrogens is 1. The lowest BCUT2D eigenvalue weighted by atomic mass is 10.2. The van der Waals surface area contributed by atoms with Crippen LogP contribution in [0.1, 0.15) is 16.1 Å². The Balaban J connectivity index is 2.22. The van der Waals surface area contributed by atoms with Gasteiger partial charge in [0.05, 0.1) is 16.4 Å². The molecule has 1 heterocycles. The smallest absolute Gasteiger partial charge is 0.257 e.